The minimum absolute atomic E-state index is 0.0466. The molecule has 1 aromatic rings. The smallest absolute Gasteiger partial charge is 0.135 e. The highest BCUT2D eigenvalue weighted by molar-refractivity contribution is 9.10. The van der Waals surface area contributed by atoms with Crippen LogP contribution in [0.3, 0.4) is 0 Å². The molecule has 0 saturated carbocycles. The van der Waals surface area contributed by atoms with Crippen molar-refractivity contribution in [2.45, 2.75) is 4.83 Å². The van der Waals surface area contributed by atoms with Crippen molar-refractivity contribution in [2.24, 2.45) is 0 Å². The Hall–Kier alpha value is -2.09. The largest absolute Gasteiger partial charge is 0.197 e. The first-order valence-electron chi connectivity index (χ1n) is 4.38. The Morgan fingerprint density at radius 2 is 1.62 bits per heavy atom. The fraction of sp³-hybridized carbons (Fsp3) is 0.0833. The zero-order valence-electron chi connectivity index (χ0n) is 8.18. The van der Waals surface area contributed by atoms with Gasteiger partial charge in [0.15, 0.2) is 0 Å². The third-order valence-electron chi connectivity index (χ3n) is 1.94. The molecule has 1 aromatic carbocycles. The highest BCUT2D eigenvalue weighted by Gasteiger charge is 2.17. The van der Waals surface area contributed by atoms with Gasteiger partial charge in [0, 0.05) is 5.57 Å². The molecule has 0 radical (unpaired) electrons. The molecule has 16 heavy (non-hydrogen) atoms. The van der Waals surface area contributed by atoms with Gasteiger partial charge in [0.25, 0.3) is 0 Å². The van der Waals surface area contributed by atoms with Crippen LogP contribution in [0.5, 0.6) is 0 Å². The van der Waals surface area contributed by atoms with Crippen LogP contribution in [0.15, 0.2) is 35.9 Å². The van der Waals surface area contributed by atoms with Gasteiger partial charge < -0.3 is 0 Å². The van der Waals surface area contributed by atoms with E-state index in [2.05, 4.69) is 15.9 Å². The molecule has 0 heterocycles. The Morgan fingerprint density at radius 3 is 2.06 bits per heavy atom. The summed E-state index contributed by atoms with van der Waals surface area (Å²) in [6.45, 7) is 0. The fourth-order valence-corrected chi connectivity index (χ4v) is 1.74. The van der Waals surface area contributed by atoms with E-state index < -0.39 is 4.83 Å². The van der Waals surface area contributed by atoms with E-state index in [9.17, 15) is 0 Å². The van der Waals surface area contributed by atoms with Crippen molar-refractivity contribution in [1.29, 1.82) is 15.8 Å². The second-order valence-electron chi connectivity index (χ2n) is 2.87. The number of hydrogen-bond acceptors (Lipinski definition) is 3. The second-order valence-corrected chi connectivity index (χ2v) is 3.79. The van der Waals surface area contributed by atoms with Crippen LogP contribution in [0, 0.1) is 34.0 Å². The summed E-state index contributed by atoms with van der Waals surface area (Å²) in [6.07, 6.45) is 0. The highest BCUT2D eigenvalue weighted by Crippen LogP contribution is 2.26. The van der Waals surface area contributed by atoms with Gasteiger partial charge in [-0.25, -0.2) is 0 Å². The molecule has 1 unspecified atom stereocenters. The lowest BCUT2D eigenvalue weighted by atomic mass is 9.98. The zero-order valence-corrected chi connectivity index (χ0v) is 9.77. The van der Waals surface area contributed by atoms with Crippen molar-refractivity contribution < 1.29 is 0 Å². The van der Waals surface area contributed by atoms with Gasteiger partial charge in [0.2, 0.25) is 0 Å². The van der Waals surface area contributed by atoms with Crippen LogP contribution in [0.2, 0.25) is 0 Å². The minimum Gasteiger partial charge on any atom is -0.197 e. The molecule has 0 spiro atoms. The summed E-state index contributed by atoms with van der Waals surface area (Å²) in [5.74, 6) is 0. The van der Waals surface area contributed by atoms with E-state index in [0.717, 1.165) is 0 Å². The predicted molar refractivity (Wildman–Crippen MR) is 62.9 cm³/mol. The lowest BCUT2D eigenvalue weighted by Gasteiger charge is -2.07. The van der Waals surface area contributed by atoms with Gasteiger partial charge in [-0.3, -0.25) is 0 Å². The first-order valence-corrected chi connectivity index (χ1v) is 5.29. The molecule has 0 aromatic heterocycles. The first-order chi connectivity index (χ1) is 7.74. The highest BCUT2D eigenvalue weighted by atomic mass is 79.9. The maximum absolute atomic E-state index is 8.86. The van der Waals surface area contributed by atoms with Crippen molar-refractivity contribution in [3.8, 4) is 18.2 Å². The molecule has 0 bridgehead atoms. The summed E-state index contributed by atoms with van der Waals surface area (Å²) >= 11 is 3.14. The van der Waals surface area contributed by atoms with Gasteiger partial charge in [-0.2, -0.15) is 15.8 Å². The number of nitriles is 3. The molecule has 0 aliphatic heterocycles. The molecule has 1 atom stereocenters. The fourth-order valence-electron chi connectivity index (χ4n) is 1.25. The molecule has 1 rings (SSSR count). The van der Waals surface area contributed by atoms with Crippen molar-refractivity contribution >= 4 is 21.5 Å². The number of benzene rings is 1. The van der Waals surface area contributed by atoms with Crippen molar-refractivity contribution in [3.05, 3.63) is 41.5 Å². The van der Waals surface area contributed by atoms with Gasteiger partial charge in [-0.1, -0.05) is 46.3 Å². The number of hydrogen-bond donors (Lipinski definition) is 0. The van der Waals surface area contributed by atoms with E-state index in [1.807, 2.05) is 12.1 Å². The third kappa shape index (κ3) is 2.48. The van der Waals surface area contributed by atoms with Gasteiger partial charge in [0.05, 0.1) is 6.07 Å². The molecule has 0 saturated heterocycles. The standard InChI is InChI=1S/C12H6BrN3/c13-11(8-16)12(10(6-14)7-15)9-4-2-1-3-5-9/h1-5,11H. The predicted octanol–water partition coefficient (Wildman–Crippen LogP) is 2.77. The van der Waals surface area contributed by atoms with Gasteiger partial charge in [-0.15, -0.1) is 0 Å². The Kier molecular flexibility index (Phi) is 4.28. The van der Waals surface area contributed by atoms with Gasteiger partial charge >= 0.3 is 0 Å². The van der Waals surface area contributed by atoms with Gasteiger partial charge in [0.1, 0.15) is 22.5 Å². The van der Waals surface area contributed by atoms with Crippen LogP contribution in [0.1, 0.15) is 5.56 Å². The molecular formula is C12H6BrN3. The summed E-state index contributed by atoms with van der Waals surface area (Å²) < 4.78 is 0. The number of alkyl halides is 1. The minimum atomic E-state index is -0.663. The summed E-state index contributed by atoms with van der Waals surface area (Å²) in [4.78, 5) is -0.663. The van der Waals surface area contributed by atoms with Crippen molar-refractivity contribution in [3.63, 3.8) is 0 Å². The Bertz CT molecular complexity index is 510. The zero-order chi connectivity index (χ0) is 12.0. The van der Waals surface area contributed by atoms with Crippen molar-refractivity contribution in [2.75, 3.05) is 0 Å². The van der Waals surface area contributed by atoms with E-state index in [0.29, 0.717) is 11.1 Å². The molecule has 0 aliphatic rings. The van der Waals surface area contributed by atoms with Crippen LogP contribution in [0.25, 0.3) is 5.57 Å². The molecule has 4 heteroatoms. The average molecular weight is 272 g/mol. The summed E-state index contributed by atoms with van der Waals surface area (Å²) in [5, 5.41) is 26.5. The van der Waals surface area contributed by atoms with E-state index in [1.54, 1.807) is 36.4 Å². The number of nitrogens with zero attached hydrogens (tertiary/aromatic N) is 3. The van der Waals surface area contributed by atoms with Crippen molar-refractivity contribution in [1.82, 2.24) is 0 Å². The molecular weight excluding hydrogens is 266 g/mol. The summed E-state index contributed by atoms with van der Waals surface area (Å²) in [5.41, 5.74) is 1.06. The molecule has 3 nitrogen and oxygen atoms in total. The maximum atomic E-state index is 8.86. The van der Waals surface area contributed by atoms with E-state index in [4.69, 9.17) is 15.8 Å². The molecule has 76 valence electrons. The quantitative estimate of drug-likeness (QED) is 0.613. The number of allylic oxidation sites excluding steroid dienone is 2. The SMILES string of the molecule is N#CC(C#N)=C(c1ccccc1)C(Br)C#N. The third-order valence-corrected chi connectivity index (χ3v) is 2.61. The van der Waals surface area contributed by atoms with E-state index in [-0.39, 0.29) is 5.57 Å². The second kappa shape index (κ2) is 5.71. The number of halogens is 1. The first kappa shape index (κ1) is 12.0. The lowest BCUT2D eigenvalue weighted by Crippen LogP contribution is -2.01. The van der Waals surface area contributed by atoms with Crippen LogP contribution in [-0.2, 0) is 0 Å². The normalized spacial score (nSPS) is 10.4. The topological polar surface area (TPSA) is 71.4 Å². The maximum Gasteiger partial charge on any atom is 0.135 e. The van der Waals surface area contributed by atoms with Crippen LogP contribution < -0.4 is 0 Å². The average Bonchev–Trinajstić information content (AvgIpc) is 2.36. The summed E-state index contributed by atoms with van der Waals surface area (Å²) in [6, 6.07) is 14.5. The van der Waals surface area contributed by atoms with E-state index in [1.165, 1.54) is 0 Å². The Balaban J connectivity index is 3.43. The van der Waals surface area contributed by atoms with Crippen LogP contribution in [-0.4, -0.2) is 4.83 Å². The monoisotopic (exact) mass is 271 g/mol. The Morgan fingerprint density at radius 1 is 1.06 bits per heavy atom. The van der Waals surface area contributed by atoms with Crippen LogP contribution in [0.4, 0.5) is 0 Å². The lowest BCUT2D eigenvalue weighted by molar-refractivity contribution is 1.36. The Labute approximate surface area is 102 Å². The molecule has 0 aliphatic carbocycles. The van der Waals surface area contributed by atoms with Gasteiger partial charge in [-0.05, 0) is 5.56 Å². The van der Waals surface area contributed by atoms with E-state index >= 15 is 0 Å². The molecule has 0 N–H and O–H groups in total. The molecule has 0 fully saturated rings. The summed E-state index contributed by atoms with van der Waals surface area (Å²) in [7, 11) is 0. The number of rotatable bonds is 2. The molecule has 0 amide bonds. The van der Waals surface area contributed by atoms with Crippen LogP contribution >= 0.6 is 15.9 Å².